The lowest BCUT2D eigenvalue weighted by molar-refractivity contribution is 0.216. The molecule has 14 heavy (non-hydrogen) atoms. The van der Waals surface area contributed by atoms with E-state index in [4.69, 9.17) is 11.5 Å². The lowest BCUT2D eigenvalue weighted by Crippen LogP contribution is -2.31. The van der Waals surface area contributed by atoms with Crippen molar-refractivity contribution in [1.82, 2.24) is 0 Å². The molecule has 0 aliphatic carbocycles. The Bertz CT molecular complexity index is 115. The Hall–Kier alpha value is -0.0800. The van der Waals surface area contributed by atoms with Crippen molar-refractivity contribution in [3.8, 4) is 0 Å². The fraction of sp³-hybridized carbons (Fsp3) is 1.00. The molecule has 0 spiro atoms. The summed E-state index contributed by atoms with van der Waals surface area (Å²) in [5.41, 5.74) is 11.9. The van der Waals surface area contributed by atoms with Gasteiger partial charge in [-0.05, 0) is 44.2 Å². The molecule has 1 atom stereocenters. The van der Waals surface area contributed by atoms with Gasteiger partial charge in [-0.25, -0.2) is 0 Å². The Kier molecular flexibility index (Phi) is 8.20. The molecule has 0 amide bonds. The van der Waals surface area contributed by atoms with E-state index in [-0.39, 0.29) is 0 Å². The Balaban J connectivity index is 4.11. The molecule has 0 saturated carbocycles. The van der Waals surface area contributed by atoms with Gasteiger partial charge in [-0.3, -0.25) is 0 Å². The molecule has 0 fully saturated rings. The van der Waals surface area contributed by atoms with E-state index >= 15 is 0 Å². The molecular weight excluding hydrogens is 172 g/mol. The van der Waals surface area contributed by atoms with Crippen molar-refractivity contribution in [1.29, 1.82) is 0 Å². The average molecular weight is 200 g/mol. The highest BCUT2D eigenvalue weighted by atomic mass is 14.6. The highest BCUT2D eigenvalue weighted by Crippen LogP contribution is 2.34. The third-order valence-corrected chi connectivity index (χ3v) is 3.19. The minimum Gasteiger partial charge on any atom is -0.330 e. The van der Waals surface area contributed by atoms with E-state index < -0.39 is 0 Å². The van der Waals surface area contributed by atoms with Crippen LogP contribution in [0.1, 0.15) is 58.8 Å². The summed E-state index contributed by atoms with van der Waals surface area (Å²) in [6, 6.07) is 0. The summed E-state index contributed by atoms with van der Waals surface area (Å²) in [5, 5.41) is 0. The standard InChI is InChI=1S/C12H28N2/c1-3-5-8-12(11-14,7-4-2)9-6-10-13/h3-11,13-14H2,1-2H3. The van der Waals surface area contributed by atoms with Gasteiger partial charge in [0, 0.05) is 0 Å². The van der Waals surface area contributed by atoms with Crippen molar-refractivity contribution in [3.05, 3.63) is 0 Å². The second kappa shape index (κ2) is 8.25. The first-order valence-electron chi connectivity index (χ1n) is 6.14. The summed E-state index contributed by atoms with van der Waals surface area (Å²) in [7, 11) is 0. The van der Waals surface area contributed by atoms with Crippen molar-refractivity contribution >= 4 is 0 Å². The molecule has 86 valence electrons. The largest absolute Gasteiger partial charge is 0.330 e. The fourth-order valence-electron chi connectivity index (χ4n) is 2.24. The van der Waals surface area contributed by atoms with Gasteiger partial charge in [0.25, 0.3) is 0 Å². The van der Waals surface area contributed by atoms with Gasteiger partial charge in [-0.1, -0.05) is 33.1 Å². The van der Waals surface area contributed by atoms with Gasteiger partial charge in [0.15, 0.2) is 0 Å². The predicted octanol–water partition coefficient (Wildman–Crippen LogP) is 2.66. The normalized spacial score (nSPS) is 15.4. The van der Waals surface area contributed by atoms with Gasteiger partial charge in [0.1, 0.15) is 0 Å². The molecule has 0 bridgehead atoms. The van der Waals surface area contributed by atoms with E-state index in [9.17, 15) is 0 Å². The van der Waals surface area contributed by atoms with Gasteiger partial charge in [-0.2, -0.15) is 0 Å². The smallest absolute Gasteiger partial charge is 0.00205 e. The lowest BCUT2D eigenvalue weighted by Gasteiger charge is -2.32. The highest BCUT2D eigenvalue weighted by Gasteiger charge is 2.25. The molecule has 0 aliphatic heterocycles. The zero-order valence-corrected chi connectivity index (χ0v) is 10.0. The zero-order valence-electron chi connectivity index (χ0n) is 10.0. The van der Waals surface area contributed by atoms with Crippen molar-refractivity contribution in [3.63, 3.8) is 0 Å². The molecule has 2 nitrogen and oxygen atoms in total. The van der Waals surface area contributed by atoms with Gasteiger partial charge in [0.05, 0.1) is 0 Å². The molecule has 0 aromatic carbocycles. The second-order valence-corrected chi connectivity index (χ2v) is 4.45. The molecular formula is C12H28N2. The highest BCUT2D eigenvalue weighted by molar-refractivity contribution is 4.80. The van der Waals surface area contributed by atoms with Crippen LogP contribution in [-0.4, -0.2) is 13.1 Å². The molecule has 1 unspecified atom stereocenters. The fourth-order valence-corrected chi connectivity index (χ4v) is 2.24. The van der Waals surface area contributed by atoms with Crippen LogP contribution in [0.5, 0.6) is 0 Å². The maximum Gasteiger partial charge on any atom is -0.00205 e. The van der Waals surface area contributed by atoms with Crippen LogP contribution in [0.25, 0.3) is 0 Å². The third-order valence-electron chi connectivity index (χ3n) is 3.19. The summed E-state index contributed by atoms with van der Waals surface area (Å²) in [4.78, 5) is 0. The predicted molar refractivity (Wildman–Crippen MR) is 64.2 cm³/mol. The van der Waals surface area contributed by atoms with Crippen LogP contribution in [0.15, 0.2) is 0 Å². The quantitative estimate of drug-likeness (QED) is 0.601. The van der Waals surface area contributed by atoms with Crippen molar-refractivity contribution in [2.75, 3.05) is 13.1 Å². The van der Waals surface area contributed by atoms with E-state index in [1.54, 1.807) is 0 Å². The summed E-state index contributed by atoms with van der Waals surface area (Å²) < 4.78 is 0. The van der Waals surface area contributed by atoms with Crippen LogP contribution in [0, 0.1) is 5.41 Å². The van der Waals surface area contributed by atoms with Crippen LogP contribution in [0.3, 0.4) is 0 Å². The SMILES string of the molecule is CCCCC(CN)(CCC)CCCN. The van der Waals surface area contributed by atoms with Crippen LogP contribution < -0.4 is 11.5 Å². The third kappa shape index (κ3) is 4.97. The Morgan fingerprint density at radius 1 is 0.857 bits per heavy atom. The van der Waals surface area contributed by atoms with E-state index in [0.29, 0.717) is 5.41 Å². The number of hydrogen-bond donors (Lipinski definition) is 2. The van der Waals surface area contributed by atoms with Crippen LogP contribution in [-0.2, 0) is 0 Å². The molecule has 2 heteroatoms. The van der Waals surface area contributed by atoms with Crippen LogP contribution in [0.2, 0.25) is 0 Å². The second-order valence-electron chi connectivity index (χ2n) is 4.45. The first-order valence-corrected chi connectivity index (χ1v) is 6.14. The molecule has 0 rings (SSSR count). The van der Waals surface area contributed by atoms with Crippen LogP contribution in [0.4, 0.5) is 0 Å². The Morgan fingerprint density at radius 2 is 1.50 bits per heavy atom. The Morgan fingerprint density at radius 3 is 1.93 bits per heavy atom. The van der Waals surface area contributed by atoms with Crippen molar-refractivity contribution in [2.45, 2.75) is 58.8 Å². The minimum absolute atomic E-state index is 0.393. The molecule has 0 aliphatic rings. The summed E-state index contributed by atoms with van der Waals surface area (Å²) in [6.07, 6.45) is 8.72. The monoisotopic (exact) mass is 200 g/mol. The molecule has 0 aromatic heterocycles. The number of nitrogens with two attached hydrogens (primary N) is 2. The van der Waals surface area contributed by atoms with E-state index in [2.05, 4.69) is 13.8 Å². The molecule has 0 aromatic rings. The van der Waals surface area contributed by atoms with Crippen molar-refractivity contribution < 1.29 is 0 Å². The van der Waals surface area contributed by atoms with Gasteiger partial charge in [-0.15, -0.1) is 0 Å². The topological polar surface area (TPSA) is 52.0 Å². The van der Waals surface area contributed by atoms with E-state index in [1.165, 1.54) is 38.5 Å². The molecule has 0 saturated heterocycles. The summed E-state index contributed by atoms with van der Waals surface area (Å²) >= 11 is 0. The van der Waals surface area contributed by atoms with Gasteiger partial charge in [0.2, 0.25) is 0 Å². The van der Waals surface area contributed by atoms with E-state index in [0.717, 1.165) is 19.5 Å². The first kappa shape index (κ1) is 13.9. The zero-order chi connectivity index (χ0) is 10.9. The van der Waals surface area contributed by atoms with Crippen LogP contribution >= 0.6 is 0 Å². The lowest BCUT2D eigenvalue weighted by atomic mass is 9.75. The molecule has 0 radical (unpaired) electrons. The van der Waals surface area contributed by atoms with Gasteiger partial charge < -0.3 is 11.5 Å². The van der Waals surface area contributed by atoms with E-state index in [1.807, 2.05) is 0 Å². The number of hydrogen-bond acceptors (Lipinski definition) is 2. The number of rotatable bonds is 9. The summed E-state index contributed by atoms with van der Waals surface area (Å²) in [5.74, 6) is 0. The minimum atomic E-state index is 0.393. The maximum absolute atomic E-state index is 5.93. The molecule has 0 heterocycles. The number of unbranched alkanes of at least 4 members (excludes halogenated alkanes) is 1. The first-order chi connectivity index (χ1) is 6.74. The summed E-state index contributed by atoms with van der Waals surface area (Å²) in [6.45, 7) is 6.13. The Labute approximate surface area is 89.4 Å². The molecule has 4 N–H and O–H groups in total. The average Bonchev–Trinajstić information content (AvgIpc) is 2.22. The van der Waals surface area contributed by atoms with Crippen molar-refractivity contribution in [2.24, 2.45) is 16.9 Å². The van der Waals surface area contributed by atoms with Gasteiger partial charge >= 0.3 is 0 Å². The maximum atomic E-state index is 5.93.